The summed E-state index contributed by atoms with van der Waals surface area (Å²) in [4.78, 5) is 4.30. The average molecular weight is 339 g/mol. The van der Waals surface area contributed by atoms with Gasteiger partial charge in [-0.05, 0) is 31.2 Å². The van der Waals surface area contributed by atoms with Crippen molar-refractivity contribution in [2.45, 2.75) is 6.92 Å². The fraction of sp³-hybridized carbons (Fsp3) is 0.111. The Morgan fingerprint density at radius 3 is 2.75 bits per heavy atom. The zero-order valence-electron chi connectivity index (χ0n) is 13.4. The molecule has 0 unspecified atom stereocenters. The van der Waals surface area contributed by atoms with Gasteiger partial charge in [-0.15, -0.1) is 11.3 Å². The third-order valence-corrected chi connectivity index (χ3v) is 4.04. The van der Waals surface area contributed by atoms with Crippen LogP contribution >= 0.6 is 11.3 Å². The summed E-state index contributed by atoms with van der Waals surface area (Å²) in [6, 6.07) is 15.2. The molecule has 3 rings (SSSR count). The first-order chi connectivity index (χ1) is 11.7. The van der Waals surface area contributed by atoms with Gasteiger partial charge >= 0.3 is 0 Å². The first kappa shape index (κ1) is 16.0. The molecule has 0 saturated carbocycles. The zero-order chi connectivity index (χ0) is 16.8. The molecule has 1 heterocycles. The Morgan fingerprint density at radius 1 is 1.12 bits per heavy atom. The van der Waals surface area contributed by atoms with Gasteiger partial charge in [-0.3, -0.25) is 5.43 Å². The zero-order valence-corrected chi connectivity index (χ0v) is 14.2. The van der Waals surface area contributed by atoms with E-state index >= 15 is 0 Å². The molecule has 24 heavy (non-hydrogen) atoms. The SMILES string of the molecule is COc1cccc(Oc2ccccc2C=NNc2nc(C)cs2)c1. The number of benzene rings is 2. The Bertz CT molecular complexity index is 846. The highest BCUT2D eigenvalue weighted by Gasteiger charge is 2.04. The van der Waals surface area contributed by atoms with Crippen LogP contribution in [0.4, 0.5) is 5.13 Å². The predicted molar refractivity (Wildman–Crippen MR) is 97.6 cm³/mol. The quantitative estimate of drug-likeness (QED) is 0.522. The van der Waals surface area contributed by atoms with Crippen LogP contribution in [0.5, 0.6) is 17.2 Å². The van der Waals surface area contributed by atoms with Gasteiger partial charge in [0, 0.05) is 17.0 Å². The van der Waals surface area contributed by atoms with Gasteiger partial charge < -0.3 is 9.47 Å². The van der Waals surface area contributed by atoms with Gasteiger partial charge in [0.15, 0.2) is 0 Å². The molecule has 1 N–H and O–H groups in total. The number of thiazole rings is 1. The molecule has 3 aromatic rings. The van der Waals surface area contributed by atoms with E-state index in [1.54, 1.807) is 13.3 Å². The maximum atomic E-state index is 5.95. The van der Waals surface area contributed by atoms with E-state index in [9.17, 15) is 0 Å². The fourth-order valence-corrected chi connectivity index (χ4v) is 2.67. The van der Waals surface area contributed by atoms with Crippen molar-refractivity contribution in [2.75, 3.05) is 12.5 Å². The minimum absolute atomic E-state index is 0.707. The second-order valence-electron chi connectivity index (χ2n) is 4.98. The topological polar surface area (TPSA) is 55.7 Å². The van der Waals surface area contributed by atoms with Crippen molar-refractivity contribution in [3.05, 3.63) is 65.2 Å². The Hall–Kier alpha value is -2.86. The lowest BCUT2D eigenvalue weighted by atomic mass is 10.2. The van der Waals surface area contributed by atoms with E-state index < -0.39 is 0 Å². The van der Waals surface area contributed by atoms with Crippen molar-refractivity contribution in [2.24, 2.45) is 5.10 Å². The van der Waals surface area contributed by atoms with Gasteiger partial charge in [-0.25, -0.2) is 4.98 Å². The van der Waals surface area contributed by atoms with Gasteiger partial charge in [-0.1, -0.05) is 18.2 Å². The Morgan fingerprint density at radius 2 is 1.96 bits per heavy atom. The van der Waals surface area contributed by atoms with E-state index in [2.05, 4.69) is 15.5 Å². The molecular weight excluding hydrogens is 322 g/mol. The molecule has 0 amide bonds. The normalized spacial score (nSPS) is 10.8. The van der Waals surface area contributed by atoms with Crippen LogP contribution in [0, 0.1) is 6.92 Å². The highest BCUT2D eigenvalue weighted by molar-refractivity contribution is 7.13. The van der Waals surface area contributed by atoms with Gasteiger partial charge in [0.25, 0.3) is 0 Å². The average Bonchev–Trinajstić information content (AvgIpc) is 3.02. The van der Waals surface area contributed by atoms with E-state index in [0.29, 0.717) is 11.5 Å². The number of aryl methyl sites for hydroxylation is 1. The molecule has 0 aliphatic heterocycles. The van der Waals surface area contributed by atoms with Crippen LogP contribution in [-0.4, -0.2) is 18.3 Å². The molecule has 1 aromatic heterocycles. The number of rotatable bonds is 6. The van der Waals surface area contributed by atoms with E-state index in [4.69, 9.17) is 9.47 Å². The highest BCUT2D eigenvalue weighted by Crippen LogP contribution is 2.27. The van der Waals surface area contributed by atoms with E-state index in [1.165, 1.54) is 11.3 Å². The molecule has 122 valence electrons. The molecule has 0 bridgehead atoms. The standard InChI is InChI=1S/C18H17N3O2S/c1-13-12-24-18(20-13)21-19-11-14-6-3-4-9-17(14)23-16-8-5-7-15(10-16)22-2/h3-12H,1-2H3,(H,20,21). The summed E-state index contributed by atoms with van der Waals surface area (Å²) >= 11 is 1.51. The molecule has 0 atom stereocenters. The van der Waals surface area contributed by atoms with E-state index in [0.717, 1.165) is 22.1 Å². The summed E-state index contributed by atoms with van der Waals surface area (Å²) in [5, 5.41) is 6.96. The summed E-state index contributed by atoms with van der Waals surface area (Å²) in [6.45, 7) is 1.95. The van der Waals surface area contributed by atoms with E-state index in [-0.39, 0.29) is 0 Å². The van der Waals surface area contributed by atoms with Crippen molar-refractivity contribution < 1.29 is 9.47 Å². The van der Waals surface area contributed by atoms with Crippen molar-refractivity contribution >= 4 is 22.7 Å². The number of hydrogen-bond donors (Lipinski definition) is 1. The first-order valence-corrected chi connectivity index (χ1v) is 8.25. The number of hydrogen-bond acceptors (Lipinski definition) is 6. The number of nitrogens with one attached hydrogen (secondary N) is 1. The Kier molecular flexibility index (Phi) is 5.08. The Balaban J connectivity index is 1.74. The molecule has 2 aromatic carbocycles. The smallest absolute Gasteiger partial charge is 0.203 e. The van der Waals surface area contributed by atoms with E-state index in [1.807, 2.05) is 60.8 Å². The minimum Gasteiger partial charge on any atom is -0.497 e. The van der Waals surface area contributed by atoms with Gasteiger partial charge in [0.05, 0.1) is 19.0 Å². The maximum absolute atomic E-state index is 5.95. The highest BCUT2D eigenvalue weighted by atomic mass is 32.1. The van der Waals surface area contributed by atoms with Gasteiger partial charge in [0.1, 0.15) is 17.2 Å². The summed E-state index contributed by atoms with van der Waals surface area (Å²) < 4.78 is 11.2. The van der Waals surface area contributed by atoms with Crippen molar-refractivity contribution in [3.63, 3.8) is 0 Å². The van der Waals surface area contributed by atoms with Crippen LogP contribution in [0.15, 0.2) is 59.0 Å². The monoisotopic (exact) mass is 339 g/mol. The molecule has 0 radical (unpaired) electrons. The second-order valence-corrected chi connectivity index (χ2v) is 5.84. The third-order valence-electron chi connectivity index (χ3n) is 3.17. The largest absolute Gasteiger partial charge is 0.497 e. The Labute approximate surface area is 144 Å². The van der Waals surface area contributed by atoms with Crippen LogP contribution in [0.3, 0.4) is 0 Å². The molecule has 5 nitrogen and oxygen atoms in total. The van der Waals surface area contributed by atoms with Crippen LogP contribution in [-0.2, 0) is 0 Å². The van der Waals surface area contributed by atoms with Crippen molar-refractivity contribution in [1.29, 1.82) is 0 Å². The van der Waals surface area contributed by atoms with Crippen molar-refractivity contribution in [1.82, 2.24) is 4.98 Å². The number of nitrogens with zero attached hydrogens (tertiary/aromatic N) is 2. The lowest BCUT2D eigenvalue weighted by molar-refractivity contribution is 0.409. The lowest BCUT2D eigenvalue weighted by Gasteiger charge is -2.09. The first-order valence-electron chi connectivity index (χ1n) is 7.37. The minimum atomic E-state index is 0.707. The molecule has 0 aliphatic rings. The van der Waals surface area contributed by atoms with Crippen LogP contribution in [0.2, 0.25) is 0 Å². The molecular formula is C18H17N3O2S. The number of para-hydroxylation sites is 1. The van der Waals surface area contributed by atoms with Crippen LogP contribution in [0.25, 0.3) is 0 Å². The summed E-state index contributed by atoms with van der Waals surface area (Å²) in [5.41, 5.74) is 4.76. The third kappa shape index (κ3) is 4.11. The summed E-state index contributed by atoms with van der Waals surface area (Å²) in [5.74, 6) is 2.17. The molecule has 0 fully saturated rings. The number of anilines is 1. The fourth-order valence-electron chi connectivity index (χ4n) is 2.03. The lowest BCUT2D eigenvalue weighted by Crippen LogP contribution is -1.94. The van der Waals surface area contributed by atoms with Crippen molar-refractivity contribution in [3.8, 4) is 17.2 Å². The van der Waals surface area contributed by atoms with Crippen LogP contribution in [0.1, 0.15) is 11.3 Å². The predicted octanol–water partition coefficient (Wildman–Crippen LogP) is 4.70. The molecule has 0 aliphatic carbocycles. The summed E-state index contributed by atoms with van der Waals surface area (Å²) in [6.07, 6.45) is 1.71. The number of aromatic nitrogens is 1. The summed E-state index contributed by atoms with van der Waals surface area (Å²) in [7, 11) is 1.63. The molecule has 0 saturated heterocycles. The van der Waals surface area contributed by atoms with Gasteiger partial charge in [-0.2, -0.15) is 5.10 Å². The number of hydrazone groups is 1. The van der Waals surface area contributed by atoms with Crippen LogP contribution < -0.4 is 14.9 Å². The van der Waals surface area contributed by atoms with Gasteiger partial charge in [0.2, 0.25) is 5.13 Å². The molecule has 0 spiro atoms. The molecule has 6 heteroatoms. The maximum Gasteiger partial charge on any atom is 0.203 e. The number of ether oxygens (including phenoxy) is 2. The second kappa shape index (κ2) is 7.61. The number of methoxy groups -OCH3 is 1.